The molecule has 6 heteroatoms. The van der Waals surface area contributed by atoms with Gasteiger partial charge in [0.1, 0.15) is 5.82 Å². The first-order valence-electron chi connectivity index (χ1n) is 8.19. The van der Waals surface area contributed by atoms with Gasteiger partial charge in [-0.15, -0.1) is 0 Å². The highest BCUT2D eigenvalue weighted by molar-refractivity contribution is 6.00. The Bertz CT molecular complexity index is 722. The summed E-state index contributed by atoms with van der Waals surface area (Å²) in [7, 11) is 0. The number of carbonyl (C=O) groups excluding carboxylic acids is 1. The van der Waals surface area contributed by atoms with E-state index in [1.54, 1.807) is 18.5 Å². The van der Waals surface area contributed by atoms with E-state index in [4.69, 9.17) is 5.73 Å². The quantitative estimate of drug-likeness (QED) is 0.939. The van der Waals surface area contributed by atoms with Gasteiger partial charge in [0.15, 0.2) is 5.82 Å². The second-order valence-electron chi connectivity index (χ2n) is 6.18. The minimum absolute atomic E-state index is 0.000782. The molecule has 2 atom stereocenters. The Labute approximate surface area is 140 Å². The summed E-state index contributed by atoms with van der Waals surface area (Å²) in [5.41, 5.74) is 6.72. The van der Waals surface area contributed by atoms with Crippen LogP contribution in [0.15, 0.2) is 36.7 Å². The number of rotatable bonds is 3. The minimum Gasteiger partial charge on any atom is -0.334 e. The summed E-state index contributed by atoms with van der Waals surface area (Å²) in [6.45, 7) is 3.20. The van der Waals surface area contributed by atoms with E-state index in [1.807, 2.05) is 4.90 Å². The first-order chi connectivity index (χ1) is 11.6. The van der Waals surface area contributed by atoms with Crippen LogP contribution in [-0.4, -0.2) is 39.9 Å². The fourth-order valence-corrected chi connectivity index (χ4v) is 3.34. The number of carbonyl (C=O) groups is 1. The lowest BCUT2D eigenvalue weighted by atomic mass is 9.90. The van der Waals surface area contributed by atoms with Crippen LogP contribution in [0.4, 0.5) is 4.39 Å². The van der Waals surface area contributed by atoms with Crippen LogP contribution in [0, 0.1) is 11.7 Å². The van der Waals surface area contributed by atoms with Gasteiger partial charge in [0.05, 0.1) is 5.56 Å². The molecular weight excluding hydrogens is 307 g/mol. The molecule has 1 saturated heterocycles. The van der Waals surface area contributed by atoms with Crippen molar-refractivity contribution in [2.24, 2.45) is 11.7 Å². The molecule has 1 fully saturated rings. The van der Waals surface area contributed by atoms with Crippen LogP contribution in [0.25, 0.3) is 11.4 Å². The van der Waals surface area contributed by atoms with Gasteiger partial charge in [0.25, 0.3) is 5.91 Å². The van der Waals surface area contributed by atoms with E-state index in [1.165, 1.54) is 18.2 Å². The van der Waals surface area contributed by atoms with Crippen molar-refractivity contribution in [1.82, 2.24) is 14.9 Å². The van der Waals surface area contributed by atoms with Crippen LogP contribution < -0.4 is 5.73 Å². The molecule has 2 heterocycles. The Kier molecular flexibility index (Phi) is 4.85. The molecule has 1 amide bonds. The molecule has 0 aliphatic carbocycles. The van der Waals surface area contributed by atoms with Crippen molar-refractivity contribution in [2.45, 2.75) is 25.8 Å². The van der Waals surface area contributed by atoms with Gasteiger partial charge in [0.2, 0.25) is 0 Å². The Morgan fingerprint density at radius 2 is 2.12 bits per heavy atom. The maximum atomic E-state index is 13.7. The summed E-state index contributed by atoms with van der Waals surface area (Å²) in [6.07, 6.45) is 5.16. The molecule has 0 spiro atoms. The molecule has 0 radical (unpaired) electrons. The second-order valence-corrected chi connectivity index (χ2v) is 6.18. The third-order valence-electron chi connectivity index (χ3n) is 4.64. The summed E-state index contributed by atoms with van der Waals surface area (Å²) in [4.78, 5) is 23.2. The number of benzene rings is 1. The summed E-state index contributed by atoms with van der Waals surface area (Å²) in [5, 5.41) is 0. The molecule has 2 N–H and O–H groups in total. The molecule has 24 heavy (non-hydrogen) atoms. The van der Waals surface area contributed by atoms with Crippen molar-refractivity contribution in [3.63, 3.8) is 0 Å². The summed E-state index contributed by atoms with van der Waals surface area (Å²) in [6, 6.07) is 5.80. The Morgan fingerprint density at radius 1 is 1.38 bits per heavy atom. The Balaban J connectivity index is 2.01. The Morgan fingerprint density at radius 3 is 2.83 bits per heavy atom. The van der Waals surface area contributed by atoms with Crippen molar-refractivity contribution >= 4 is 5.91 Å². The van der Waals surface area contributed by atoms with Gasteiger partial charge < -0.3 is 10.6 Å². The van der Waals surface area contributed by atoms with E-state index in [-0.39, 0.29) is 11.9 Å². The SMILES string of the molecule is C[C@@H]1CCCN(C(=O)c2ccc(F)cc2-c2ncccn2)[C@@H]1CN. The van der Waals surface area contributed by atoms with E-state index in [0.717, 1.165) is 12.8 Å². The van der Waals surface area contributed by atoms with Crippen LogP contribution in [0.3, 0.4) is 0 Å². The number of hydrogen-bond acceptors (Lipinski definition) is 4. The number of aromatic nitrogens is 2. The predicted molar refractivity (Wildman–Crippen MR) is 89.7 cm³/mol. The normalized spacial score (nSPS) is 20.9. The van der Waals surface area contributed by atoms with Gasteiger partial charge in [-0.25, -0.2) is 14.4 Å². The zero-order valence-electron chi connectivity index (χ0n) is 13.7. The molecule has 3 rings (SSSR count). The van der Waals surface area contributed by atoms with Crippen molar-refractivity contribution in [1.29, 1.82) is 0 Å². The molecule has 5 nitrogen and oxygen atoms in total. The molecular formula is C18H21FN4O. The number of nitrogens with zero attached hydrogens (tertiary/aromatic N) is 3. The smallest absolute Gasteiger partial charge is 0.254 e. The number of piperidine rings is 1. The monoisotopic (exact) mass is 328 g/mol. The lowest BCUT2D eigenvalue weighted by Gasteiger charge is -2.39. The third-order valence-corrected chi connectivity index (χ3v) is 4.64. The topological polar surface area (TPSA) is 72.1 Å². The number of halogens is 1. The minimum atomic E-state index is -0.420. The molecule has 0 saturated carbocycles. The molecule has 0 unspecified atom stereocenters. The molecule has 126 valence electrons. The summed E-state index contributed by atoms with van der Waals surface area (Å²) >= 11 is 0. The highest BCUT2D eigenvalue weighted by Crippen LogP contribution is 2.28. The van der Waals surface area contributed by atoms with Crippen LogP contribution in [-0.2, 0) is 0 Å². The highest BCUT2D eigenvalue weighted by Gasteiger charge is 2.32. The average molecular weight is 328 g/mol. The van der Waals surface area contributed by atoms with Crippen LogP contribution in [0.1, 0.15) is 30.1 Å². The fraction of sp³-hybridized carbons (Fsp3) is 0.389. The zero-order valence-corrected chi connectivity index (χ0v) is 13.7. The van der Waals surface area contributed by atoms with E-state index < -0.39 is 5.82 Å². The van der Waals surface area contributed by atoms with E-state index in [2.05, 4.69) is 16.9 Å². The largest absolute Gasteiger partial charge is 0.334 e. The van der Waals surface area contributed by atoms with Crippen LogP contribution in [0.2, 0.25) is 0 Å². The summed E-state index contributed by atoms with van der Waals surface area (Å²) in [5.74, 6) is 0.134. The lowest BCUT2D eigenvalue weighted by Crippen LogP contribution is -2.51. The lowest BCUT2D eigenvalue weighted by molar-refractivity contribution is 0.0533. The van der Waals surface area contributed by atoms with Gasteiger partial charge in [-0.1, -0.05) is 6.92 Å². The van der Waals surface area contributed by atoms with Crippen molar-refractivity contribution in [3.8, 4) is 11.4 Å². The third kappa shape index (κ3) is 3.14. The van der Waals surface area contributed by atoms with Crippen LogP contribution >= 0.6 is 0 Å². The van der Waals surface area contributed by atoms with E-state index in [9.17, 15) is 9.18 Å². The van der Waals surface area contributed by atoms with Gasteiger partial charge in [0, 0.05) is 37.1 Å². The van der Waals surface area contributed by atoms with Gasteiger partial charge >= 0.3 is 0 Å². The second kappa shape index (κ2) is 7.05. The molecule has 1 aromatic carbocycles. The fourth-order valence-electron chi connectivity index (χ4n) is 3.34. The number of amides is 1. The predicted octanol–water partition coefficient (Wildman–Crippen LogP) is 2.48. The molecule has 1 aromatic heterocycles. The number of hydrogen-bond donors (Lipinski definition) is 1. The van der Waals surface area contributed by atoms with Crippen molar-refractivity contribution in [2.75, 3.05) is 13.1 Å². The standard InChI is InChI=1S/C18H21FN4O/c1-12-4-2-9-23(16(12)11-20)18(24)14-6-5-13(19)10-15(14)17-21-7-3-8-22-17/h3,5-8,10,12,16H,2,4,9,11,20H2,1H3/t12-,16-/m1/s1. The molecule has 1 aliphatic heterocycles. The van der Waals surface area contributed by atoms with Gasteiger partial charge in [-0.3, -0.25) is 4.79 Å². The highest BCUT2D eigenvalue weighted by atomic mass is 19.1. The molecule has 0 bridgehead atoms. The average Bonchev–Trinajstić information content (AvgIpc) is 2.61. The zero-order chi connectivity index (χ0) is 17.1. The maximum Gasteiger partial charge on any atom is 0.254 e. The van der Waals surface area contributed by atoms with Crippen LogP contribution in [0.5, 0.6) is 0 Å². The van der Waals surface area contributed by atoms with E-state index in [0.29, 0.717) is 36.0 Å². The number of nitrogens with two attached hydrogens (primary N) is 1. The van der Waals surface area contributed by atoms with Crippen molar-refractivity contribution < 1.29 is 9.18 Å². The molecule has 1 aliphatic rings. The first kappa shape index (κ1) is 16.5. The number of likely N-dealkylation sites (tertiary alicyclic amines) is 1. The van der Waals surface area contributed by atoms with Gasteiger partial charge in [-0.2, -0.15) is 0 Å². The molecule has 2 aromatic rings. The van der Waals surface area contributed by atoms with E-state index >= 15 is 0 Å². The van der Waals surface area contributed by atoms with Gasteiger partial charge in [-0.05, 0) is 43.0 Å². The first-order valence-corrected chi connectivity index (χ1v) is 8.19. The maximum absolute atomic E-state index is 13.7. The Hall–Kier alpha value is -2.34. The van der Waals surface area contributed by atoms with Crippen molar-refractivity contribution in [3.05, 3.63) is 48.0 Å². The summed E-state index contributed by atoms with van der Waals surface area (Å²) < 4.78 is 13.7.